The molecule has 2 aromatic heterocycles. The molecule has 2 aromatic rings. The van der Waals surface area contributed by atoms with E-state index in [1.165, 1.54) is 0 Å². The van der Waals surface area contributed by atoms with Crippen LogP contribution >= 0.6 is 0 Å². The molecular weight excluding hydrogens is 252 g/mol. The molecule has 108 valence electrons. The van der Waals surface area contributed by atoms with Crippen LogP contribution in [0.25, 0.3) is 11.5 Å². The molecule has 0 amide bonds. The summed E-state index contributed by atoms with van der Waals surface area (Å²) in [6.07, 6.45) is 5.65. The lowest BCUT2D eigenvalue weighted by molar-refractivity contribution is 0.356. The smallest absolute Gasteiger partial charge is 0.228 e. The predicted octanol–water partition coefficient (Wildman–Crippen LogP) is 2.62. The monoisotopic (exact) mass is 274 g/mol. The van der Waals surface area contributed by atoms with Gasteiger partial charge in [-0.15, -0.1) is 0 Å². The van der Waals surface area contributed by atoms with Crippen molar-refractivity contribution < 1.29 is 4.52 Å². The summed E-state index contributed by atoms with van der Waals surface area (Å²) in [4.78, 5) is 8.85. The Kier molecular flexibility index (Phi) is 5.24. The summed E-state index contributed by atoms with van der Waals surface area (Å²) in [6, 6.07) is 4.36. The molecule has 0 aliphatic heterocycles. The highest BCUT2D eigenvalue weighted by molar-refractivity contribution is 5.53. The standard InChI is InChI=1S/C15H22N4O/c1-4-7-12(16-3)10-13-18-15(19-20-13)14-11(5-2)8-6-9-17-14/h6,8-9,12,16H,4-5,7,10H2,1-3H3. The Labute approximate surface area is 119 Å². The quantitative estimate of drug-likeness (QED) is 0.841. The van der Waals surface area contributed by atoms with Crippen LogP contribution in [0.15, 0.2) is 22.9 Å². The van der Waals surface area contributed by atoms with E-state index < -0.39 is 0 Å². The second kappa shape index (κ2) is 7.14. The highest BCUT2D eigenvalue weighted by atomic mass is 16.5. The minimum atomic E-state index is 0.377. The Hall–Kier alpha value is -1.75. The third kappa shape index (κ3) is 3.42. The van der Waals surface area contributed by atoms with Gasteiger partial charge in [-0.25, -0.2) is 0 Å². The van der Waals surface area contributed by atoms with Crippen molar-refractivity contribution in [3.63, 3.8) is 0 Å². The van der Waals surface area contributed by atoms with Gasteiger partial charge in [0.15, 0.2) is 0 Å². The average molecular weight is 274 g/mol. The molecule has 20 heavy (non-hydrogen) atoms. The first-order valence-electron chi connectivity index (χ1n) is 7.22. The Morgan fingerprint density at radius 2 is 2.20 bits per heavy atom. The fourth-order valence-corrected chi connectivity index (χ4v) is 2.27. The Balaban J connectivity index is 2.16. The first kappa shape index (κ1) is 14.7. The average Bonchev–Trinajstić information content (AvgIpc) is 2.95. The summed E-state index contributed by atoms with van der Waals surface area (Å²) in [5, 5.41) is 7.35. The maximum atomic E-state index is 5.36. The number of nitrogens with zero attached hydrogens (tertiary/aromatic N) is 3. The summed E-state index contributed by atoms with van der Waals surface area (Å²) in [5.74, 6) is 1.25. The number of hydrogen-bond acceptors (Lipinski definition) is 5. The number of pyridine rings is 1. The van der Waals surface area contributed by atoms with E-state index in [9.17, 15) is 0 Å². The van der Waals surface area contributed by atoms with Gasteiger partial charge in [-0.05, 0) is 31.5 Å². The minimum absolute atomic E-state index is 0.377. The van der Waals surface area contributed by atoms with Crippen molar-refractivity contribution in [2.24, 2.45) is 0 Å². The van der Waals surface area contributed by atoms with Crippen LogP contribution < -0.4 is 5.32 Å². The Morgan fingerprint density at radius 3 is 2.90 bits per heavy atom. The molecule has 5 heteroatoms. The Bertz CT molecular complexity index is 538. The lowest BCUT2D eigenvalue weighted by Gasteiger charge is -2.11. The molecule has 1 unspecified atom stereocenters. The van der Waals surface area contributed by atoms with Crippen molar-refractivity contribution in [1.29, 1.82) is 0 Å². The second-order valence-corrected chi connectivity index (χ2v) is 4.85. The number of likely N-dealkylation sites (N-methyl/N-ethyl adjacent to an activating group) is 1. The summed E-state index contributed by atoms with van der Waals surface area (Å²) in [5.41, 5.74) is 1.96. The van der Waals surface area contributed by atoms with Gasteiger partial charge in [-0.2, -0.15) is 4.98 Å². The lowest BCUT2D eigenvalue weighted by Crippen LogP contribution is -2.27. The number of aryl methyl sites for hydroxylation is 1. The zero-order valence-corrected chi connectivity index (χ0v) is 12.4. The predicted molar refractivity (Wildman–Crippen MR) is 78.4 cm³/mol. The largest absolute Gasteiger partial charge is 0.339 e. The molecule has 0 aliphatic rings. The van der Waals surface area contributed by atoms with Gasteiger partial charge in [0.1, 0.15) is 5.69 Å². The van der Waals surface area contributed by atoms with Crippen LogP contribution in [0.3, 0.4) is 0 Å². The summed E-state index contributed by atoms with van der Waals surface area (Å²) >= 11 is 0. The van der Waals surface area contributed by atoms with E-state index in [1.807, 2.05) is 19.2 Å². The van der Waals surface area contributed by atoms with Gasteiger partial charge in [0.2, 0.25) is 11.7 Å². The first-order chi connectivity index (χ1) is 9.78. The van der Waals surface area contributed by atoms with Crippen molar-refractivity contribution in [2.45, 2.75) is 45.6 Å². The molecule has 2 rings (SSSR count). The molecule has 0 bridgehead atoms. The van der Waals surface area contributed by atoms with Gasteiger partial charge in [0.05, 0.1) is 0 Å². The second-order valence-electron chi connectivity index (χ2n) is 4.85. The first-order valence-corrected chi connectivity index (χ1v) is 7.22. The van der Waals surface area contributed by atoms with Gasteiger partial charge in [0.25, 0.3) is 0 Å². The van der Waals surface area contributed by atoms with Crippen molar-refractivity contribution in [2.75, 3.05) is 7.05 Å². The van der Waals surface area contributed by atoms with Gasteiger partial charge >= 0.3 is 0 Å². The SMILES string of the molecule is CCCC(Cc1nc(-c2ncccc2CC)no1)NC. The third-order valence-electron chi connectivity index (χ3n) is 3.42. The summed E-state index contributed by atoms with van der Waals surface area (Å²) in [6.45, 7) is 4.27. The fraction of sp³-hybridized carbons (Fsp3) is 0.533. The van der Waals surface area contributed by atoms with Crippen LogP contribution in [0.4, 0.5) is 0 Å². The Morgan fingerprint density at radius 1 is 1.35 bits per heavy atom. The van der Waals surface area contributed by atoms with Crippen LogP contribution in [0.5, 0.6) is 0 Å². The molecule has 1 N–H and O–H groups in total. The van der Waals surface area contributed by atoms with Gasteiger partial charge < -0.3 is 9.84 Å². The fourth-order valence-electron chi connectivity index (χ4n) is 2.27. The summed E-state index contributed by atoms with van der Waals surface area (Å²) in [7, 11) is 1.96. The molecule has 0 aliphatic carbocycles. The molecule has 2 heterocycles. The van der Waals surface area contributed by atoms with E-state index in [0.29, 0.717) is 17.8 Å². The molecule has 5 nitrogen and oxygen atoms in total. The maximum absolute atomic E-state index is 5.36. The van der Waals surface area contributed by atoms with Crippen molar-refractivity contribution in [3.05, 3.63) is 29.8 Å². The maximum Gasteiger partial charge on any atom is 0.228 e. The number of nitrogens with one attached hydrogen (secondary N) is 1. The van der Waals surface area contributed by atoms with Crippen molar-refractivity contribution >= 4 is 0 Å². The molecule has 0 spiro atoms. The lowest BCUT2D eigenvalue weighted by atomic mass is 10.1. The van der Waals surface area contributed by atoms with E-state index in [1.54, 1.807) is 6.20 Å². The number of hydrogen-bond donors (Lipinski definition) is 1. The normalized spacial score (nSPS) is 12.6. The molecule has 0 radical (unpaired) electrons. The minimum Gasteiger partial charge on any atom is -0.339 e. The van der Waals surface area contributed by atoms with Gasteiger partial charge in [0, 0.05) is 18.7 Å². The zero-order chi connectivity index (χ0) is 14.4. The highest BCUT2D eigenvalue weighted by Gasteiger charge is 2.15. The van der Waals surface area contributed by atoms with Gasteiger partial charge in [-0.3, -0.25) is 4.98 Å². The molecule has 0 saturated carbocycles. The number of rotatable bonds is 7. The van der Waals surface area contributed by atoms with E-state index in [4.69, 9.17) is 4.52 Å². The topological polar surface area (TPSA) is 63.8 Å². The van der Waals surface area contributed by atoms with Gasteiger partial charge in [-0.1, -0.05) is 31.5 Å². The summed E-state index contributed by atoms with van der Waals surface area (Å²) < 4.78 is 5.36. The highest BCUT2D eigenvalue weighted by Crippen LogP contribution is 2.19. The van der Waals surface area contributed by atoms with E-state index in [0.717, 1.165) is 36.9 Å². The molecule has 1 atom stereocenters. The van der Waals surface area contributed by atoms with Crippen molar-refractivity contribution in [3.8, 4) is 11.5 Å². The molecule has 0 aromatic carbocycles. The van der Waals surface area contributed by atoms with E-state index in [-0.39, 0.29) is 0 Å². The van der Waals surface area contributed by atoms with E-state index >= 15 is 0 Å². The van der Waals surface area contributed by atoms with Crippen molar-refractivity contribution in [1.82, 2.24) is 20.4 Å². The zero-order valence-electron chi connectivity index (χ0n) is 12.4. The van der Waals surface area contributed by atoms with Crippen LogP contribution in [-0.2, 0) is 12.8 Å². The van der Waals surface area contributed by atoms with Crippen LogP contribution in [-0.4, -0.2) is 28.2 Å². The molecular formula is C15H22N4O. The number of aromatic nitrogens is 3. The van der Waals surface area contributed by atoms with Crippen LogP contribution in [0.1, 0.15) is 38.1 Å². The third-order valence-corrected chi connectivity index (χ3v) is 3.42. The van der Waals surface area contributed by atoms with Crippen LogP contribution in [0.2, 0.25) is 0 Å². The molecule has 0 saturated heterocycles. The van der Waals surface area contributed by atoms with Crippen LogP contribution in [0, 0.1) is 0 Å². The van der Waals surface area contributed by atoms with E-state index in [2.05, 4.69) is 34.3 Å². The molecule has 0 fully saturated rings.